The van der Waals surface area contributed by atoms with E-state index in [0.29, 0.717) is 6.04 Å². The summed E-state index contributed by atoms with van der Waals surface area (Å²) < 4.78 is 1.99. The highest BCUT2D eigenvalue weighted by Gasteiger charge is 2.22. The first kappa shape index (κ1) is 18.7. The van der Waals surface area contributed by atoms with Crippen molar-refractivity contribution in [2.45, 2.75) is 38.8 Å². The molecule has 0 unspecified atom stereocenters. The maximum atomic E-state index is 4.23. The molecule has 0 aliphatic carbocycles. The van der Waals surface area contributed by atoms with E-state index in [1.54, 1.807) is 6.33 Å². The van der Waals surface area contributed by atoms with Crippen LogP contribution in [0.2, 0.25) is 0 Å². The van der Waals surface area contributed by atoms with Crippen LogP contribution in [0.3, 0.4) is 0 Å². The zero-order valence-electron chi connectivity index (χ0n) is 17.0. The van der Waals surface area contributed by atoms with Crippen molar-refractivity contribution in [2.75, 3.05) is 18.0 Å². The van der Waals surface area contributed by atoms with Gasteiger partial charge in [0.1, 0.15) is 12.2 Å². The van der Waals surface area contributed by atoms with Crippen LogP contribution in [0.5, 0.6) is 0 Å². The van der Waals surface area contributed by atoms with Gasteiger partial charge in [-0.2, -0.15) is 0 Å². The number of piperidine rings is 1. The molecule has 0 radical (unpaired) electrons. The Morgan fingerprint density at radius 1 is 1.04 bits per heavy atom. The van der Waals surface area contributed by atoms with Gasteiger partial charge < -0.3 is 14.8 Å². The highest BCUT2D eigenvalue weighted by molar-refractivity contribution is 5.68. The smallest absolute Gasteiger partial charge is 0.149 e. The van der Waals surface area contributed by atoms with Crippen LogP contribution in [0.1, 0.15) is 37.2 Å². The minimum absolute atomic E-state index is 0.217. The Bertz CT molecular complexity index is 907. The lowest BCUT2D eigenvalue weighted by Crippen LogP contribution is -2.43. The van der Waals surface area contributed by atoms with Gasteiger partial charge in [0.05, 0.1) is 6.04 Å². The van der Waals surface area contributed by atoms with E-state index in [1.807, 2.05) is 11.6 Å². The summed E-state index contributed by atoms with van der Waals surface area (Å²) in [6.07, 6.45) is 4.03. The molecule has 0 amide bonds. The molecule has 1 aliphatic heterocycles. The molecule has 3 aromatic rings. The van der Waals surface area contributed by atoms with Gasteiger partial charge >= 0.3 is 0 Å². The van der Waals surface area contributed by atoms with E-state index in [0.717, 1.165) is 31.8 Å². The van der Waals surface area contributed by atoms with Crippen LogP contribution in [0, 0.1) is 6.92 Å². The molecule has 146 valence electrons. The average molecular weight is 376 g/mol. The number of aromatic nitrogens is 3. The summed E-state index contributed by atoms with van der Waals surface area (Å²) in [5.74, 6) is 0.994. The van der Waals surface area contributed by atoms with Gasteiger partial charge in [-0.25, -0.2) is 0 Å². The quantitative estimate of drug-likeness (QED) is 0.729. The van der Waals surface area contributed by atoms with Gasteiger partial charge in [-0.15, -0.1) is 10.2 Å². The van der Waals surface area contributed by atoms with E-state index in [1.165, 1.54) is 22.4 Å². The first-order chi connectivity index (χ1) is 13.6. The number of hydrogen-bond donors (Lipinski definition) is 1. The van der Waals surface area contributed by atoms with Gasteiger partial charge in [0.2, 0.25) is 0 Å². The largest absolute Gasteiger partial charge is 0.371 e. The third-order valence-electron chi connectivity index (χ3n) is 5.71. The van der Waals surface area contributed by atoms with Crippen molar-refractivity contribution in [3.8, 4) is 11.1 Å². The summed E-state index contributed by atoms with van der Waals surface area (Å²) >= 11 is 0. The molecule has 1 N–H and O–H groups in total. The van der Waals surface area contributed by atoms with Crippen LogP contribution in [-0.4, -0.2) is 33.9 Å². The van der Waals surface area contributed by atoms with Crippen LogP contribution >= 0.6 is 0 Å². The van der Waals surface area contributed by atoms with Gasteiger partial charge in [-0.1, -0.05) is 42.0 Å². The minimum Gasteiger partial charge on any atom is -0.371 e. The molecule has 1 atom stereocenters. The molecule has 1 aromatic heterocycles. The van der Waals surface area contributed by atoms with Crippen molar-refractivity contribution in [2.24, 2.45) is 7.05 Å². The Kier molecular flexibility index (Phi) is 5.44. The second kappa shape index (κ2) is 8.15. The highest BCUT2D eigenvalue weighted by atomic mass is 15.3. The van der Waals surface area contributed by atoms with E-state index in [2.05, 4.69) is 82.8 Å². The number of nitrogens with zero attached hydrogens (tertiary/aromatic N) is 4. The molecule has 0 spiro atoms. The molecule has 2 heterocycles. The normalized spacial score (nSPS) is 16.3. The van der Waals surface area contributed by atoms with Crippen LogP contribution < -0.4 is 10.2 Å². The number of nitrogens with one attached hydrogen (secondary N) is 1. The van der Waals surface area contributed by atoms with E-state index < -0.39 is 0 Å². The minimum atomic E-state index is 0.217. The fourth-order valence-electron chi connectivity index (χ4n) is 4.04. The SMILES string of the molecule is Cc1ccc(-c2cccc(N3CCC(N[C@@H](C)c4nncn4C)CC3)c2)cc1. The third-order valence-corrected chi connectivity index (χ3v) is 5.71. The lowest BCUT2D eigenvalue weighted by atomic mass is 10.0. The van der Waals surface area contributed by atoms with E-state index in [9.17, 15) is 0 Å². The van der Waals surface area contributed by atoms with Crippen LogP contribution in [-0.2, 0) is 7.05 Å². The van der Waals surface area contributed by atoms with Crippen LogP contribution in [0.15, 0.2) is 54.9 Å². The van der Waals surface area contributed by atoms with Gasteiger partial charge in [0.15, 0.2) is 0 Å². The Morgan fingerprint density at radius 2 is 1.79 bits per heavy atom. The number of anilines is 1. The predicted molar refractivity (Wildman–Crippen MR) is 114 cm³/mol. The molecule has 1 saturated heterocycles. The molecule has 0 saturated carbocycles. The van der Waals surface area contributed by atoms with E-state index >= 15 is 0 Å². The highest BCUT2D eigenvalue weighted by Crippen LogP contribution is 2.27. The van der Waals surface area contributed by atoms with Crippen molar-refractivity contribution < 1.29 is 0 Å². The fourth-order valence-corrected chi connectivity index (χ4v) is 4.04. The first-order valence-corrected chi connectivity index (χ1v) is 10.1. The van der Waals surface area contributed by atoms with Crippen LogP contribution in [0.4, 0.5) is 5.69 Å². The molecule has 1 aliphatic rings. The fraction of sp³-hybridized carbons (Fsp3) is 0.391. The second-order valence-corrected chi connectivity index (χ2v) is 7.87. The van der Waals surface area contributed by atoms with Gasteiger partial charge in [-0.05, 0) is 49.9 Å². The van der Waals surface area contributed by atoms with Crippen molar-refractivity contribution in [3.05, 3.63) is 66.2 Å². The first-order valence-electron chi connectivity index (χ1n) is 10.1. The van der Waals surface area contributed by atoms with Crippen molar-refractivity contribution >= 4 is 5.69 Å². The van der Waals surface area contributed by atoms with Gasteiger partial charge in [0.25, 0.3) is 0 Å². The summed E-state index contributed by atoms with van der Waals surface area (Å²) in [5.41, 5.74) is 5.18. The Balaban J connectivity index is 1.38. The van der Waals surface area contributed by atoms with Crippen molar-refractivity contribution in [3.63, 3.8) is 0 Å². The lowest BCUT2D eigenvalue weighted by Gasteiger charge is -2.35. The van der Waals surface area contributed by atoms with Crippen molar-refractivity contribution in [1.82, 2.24) is 20.1 Å². The van der Waals surface area contributed by atoms with Crippen LogP contribution in [0.25, 0.3) is 11.1 Å². The standard InChI is InChI=1S/C23H29N5/c1-17-7-9-19(10-8-17)20-5-4-6-22(15-20)28-13-11-21(12-14-28)25-18(2)23-26-24-16-27(23)3/h4-10,15-16,18,21,25H,11-14H2,1-3H3/t18-/m0/s1. The van der Waals surface area contributed by atoms with Gasteiger partial charge in [-0.3, -0.25) is 0 Å². The topological polar surface area (TPSA) is 46.0 Å². The zero-order chi connectivity index (χ0) is 19.5. The number of benzene rings is 2. The molecule has 4 rings (SSSR count). The molecular weight excluding hydrogens is 346 g/mol. The summed E-state index contributed by atoms with van der Waals surface area (Å²) in [6.45, 7) is 6.44. The molecule has 2 aromatic carbocycles. The number of aryl methyl sites for hydroxylation is 2. The zero-order valence-corrected chi connectivity index (χ0v) is 17.0. The number of hydrogen-bond acceptors (Lipinski definition) is 4. The lowest BCUT2D eigenvalue weighted by molar-refractivity contribution is 0.370. The summed E-state index contributed by atoms with van der Waals surface area (Å²) in [6, 6.07) is 18.4. The molecule has 1 fully saturated rings. The third kappa shape index (κ3) is 4.09. The predicted octanol–water partition coefficient (Wildman–Crippen LogP) is 4.11. The average Bonchev–Trinajstić information content (AvgIpc) is 3.15. The maximum Gasteiger partial charge on any atom is 0.149 e. The second-order valence-electron chi connectivity index (χ2n) is 7.87. The summed E-state index contributed by atoms with van der Waals surface area (Å²) in [5, 5.41) is 11.9. The Labute approximate surface area is 167 Å². The van der Waals surface area contributed by atoms with E-state index in [-0.39, 0.29) is 6.04 Å². The maximum absolute atomic E-state index is 4.23. The van der Waals surface area contributed by atoms with Crippen molar-refractivity contribution in [1.29, 1.82) is 0 Å². The number of rotatable bonds is 5. The molecular formula is C23H29N5. The summed E-state index contributed by atoms with van der Waals surface area (Å²) in [4.78, 5) is 2.50. The molecule has 5 heteroatoms. The van der Waals surface area contributed by atoms with Gasteiger partial charge in [0, 0.05) is 31.9 Å². The summed E-state index contributed by atoms with van der Waals surface area (Å²) in [7, 11) is 2.00. The Morgan fingerprint density at radius 3 is 2.46 bits per heavy atom. The molecule has 28 heavy (non-hydrogen) atoms. The Hall–Kier alpha value is -2.66. The molecule has 0 bridgehead atoms. The van der Waals surface area contributed by atoms with E-state index in [4.69, 9.17) is 0 Å². The molecule has 5 nitrogen and oxygen atoms in total. The monoisotopic (exact) mass is 375 g/mol.